The van der Waals surface area contributed by atoms with Gasteiger partial charge >= 0.3 is 0 Å². The zero-order valence-electron chi connectivity index (χ0n) is 34.7. The van der Waals surface area contributed by atoms with Crippen LogP contribution in [0, 0.1) is 23.3 Å². The van der Waals surface area contributed by atoms with Crippen LogP contribution in [-0.4, -0.2) is 96.6 Å². The number of benzene rings is 2. The van der Waals surface area contributed by atoms with Crippen LogP contribution in [0.3, 0.4) is 0 Å². The lowest BCUT2D eigenvalue weighted by atomic mass is 10.0. The Labute approximate surface area is 359 Å². The van der Waals surface area contributed by atoms with E-state index in [0.29, 0.717) is 58.5 Å². The van der Waals surface area contributed by atoms with Gasteiger partial charge in [0, 0.05) is 38.4 Å². The number of ketones is 2. The van der Waals surface area contributed by atoms with Gasteiger partial charge in [-0.2, -0.15) is 5.10 Å². The summed E-state index contributed by atoms with van der Waals surface area (Å²) in [4.78, 5) is 33.8. The molecule has 0 aliphatic rings. The molecule has 0 spiro atoms. The van der Waals surface area contributed by atoms with Crippen LogP contribution < -0.4 is 19.5 Å². The number of nitrogens with zero attached hydrogens (tertiary/aromatic N) is 4. The highest BCUT2D eigenvalue weighted by atomic mass is 32.2. The topological polar surface area (TPSA) is 240 Å². The van der Waals surface area contributed by atoms with Crippen LogP contribution >= 0.6 is 0 Å². The number of ether oxygens (including phenoxy) is 2. The summed E-state index contributed by atoms with van der Waals surface area (Å²) in [6.45, 7) is 7.77. The first kappa shape index (κ1) is 47.8. The van der Waals surface area contributed by atoms with Crippen LogP contribution in [0.4, 0.5) is 34.8 Å². The lowest BCUT2D eigenvalue weighted by Gasteiger charge is -2.11. The minimum atomic E-state index is -3.82. The Bertz CT molecular complexity index is 2840. The number of sulfonamides is 2. The minimum Gasteiger partial charge on any atom is -0.474 e. The van der Waals surface area contributed by atoms with Gasteiger partial charge in [0.15, 0.2) is 40.3 Å². The second-order valence-electron chi connectivity index (χ2n) is 14.3. The molecule has 2 aromatic carbocycles. The molecule has 0 saturated carbocycles. The molecule has 6 rings (SSSR count). The van der Waals surface area contributed by atoms with Crippen LogP contribution in [0.25, 0.3) is 22.1 Å². The second kappa shape index (κ2) is 20.8. The third kappa shape index (κ3) is 12.3. The molecule has 6 aromatic rings. The second-order valence-corrected chi connectivity index (χ2v) is 18.0. The molecule has 338 valence electrons. The maximum Gasteiger partial charge on any atom is 0.242 e. The van der Waals surface area contributed by atoms with E-state index in [9.17, 15) is 44.0 Å². The van der Waals surface area contributed by atoms with E-state index in [2.05, 4.69) is 45.1 Å². The van der Waals surface area contributed by atoms with Crippen LogP contribution in [0.5, 0.6) is 5.88 Å². The van der Waals surface area contributed by atoms with Crippen molar-refractivity contribution < 1.29 is 53.5 Å². The summed E-state index contributed by atoms with van der Waals surface area (Å²) in [6, 6.07) is 6.96. The highest BCUT2D eigenvalue weighted by Gasteiger charge is 2.25. The zero-order chi connectivity index (χ0) is 46.1. The van der Waals surface area contributed by atoms with E-state index in [1.807, 2.05) is 13.8 Å². The molecule has 0 aliphatic carbocycles. The van der Waals surface area contributed by atoms with E-state index in [1.54, 1.807) is 26.0 Å². The monoisotopic (exact) mass is 919 g/mol. The van der Waals surface area contributed by atoms with Crippen LogP contribution in [0.1, 0.15) is 72.4 Å². The first-order valence-corrected chi connectivity index (χ1v) is 22.7. The smallest absolute Gasteiger partial charge is 0.242 e. The molecular formula is C40H45F4N9O8S2. The van der Waals surface area contributed by atoms with E-state index in [1.165, 1.54) is 19.5 Å². The average molecular weight is 920 g/mol. The summed E-state index contributed by atoms with van der Waals surface area (Å²) in [6.07, 6.45) is 2.73. The van der Waals surface area contributed by atoms with Gasteiger partial charge in [-0.05, 0) is 74.2 Å². The molecule has 0 amide bonds. The fourth-order valence-electron chi connectivity index (χ4n) is 6.08. The minimum absolute atomic E-state index is 0.110. The molecule has 0 bridgehead atoms. The number of anilines is 3. The molecule has 0 atom stereocenters. The lowest BCUT2D eigenvalue weighted by Crippen LogP contribution is -2.19. The molecule has 17 nitrogen and oxygen atoms in total. The molecule has 4 heterocycles. The highest BCUT2D eigenvalue weighted by Crippen LogP contribution is 2.28. The number of H-pyrrole nitrogens is 2. The largest absolute Gasteiger partial charge is 0.474 e. The number of aromatic amines is 2. The summed E-state index contributed by atoms with van der Waals surface area (Å²) in [5, 5.41) is 17.9. The van der Waals surface area contributed by atoms with Crippen molar-refractivity contribution in [3.63, 3.8) is 0 Å². The van der Waals surface area contributed by atoms with E-state index < -0.39 is 77.4 Å². The van der Waals surface area contributed by atoms with Crippen molar-refractivity contribution in [2.24, 2.45) is 0 Å². The molecule has 5 N–H and O–H groups in total. The van der Waals surface area contributed by atoms with Crippen molar-refractivity contribution in [2.45, 2.75) is 59.4 Å². The highest BCUT2D eigenvalue weighted by molar-refractivity contribution is 7.92. The number of Topliss-reactive ketones (excluding diaryl/α,β-unsaturated/α-hetero) is 2. The SMILES string of the molecule is CCCS(=O)(=O)Nc1ccc(F)c(C(=O)Cc2cnc3[nH]nc(NC(C)C)c3c2)c1F.CCCS(=O)(=O)Nc1ccc(F)c(C(=O)Cc2cnc3[nH]nc(OCCOC)c3c2)c1F. The van der Waals surface area contributed by atoms with Gasteiger partial charge in [-0.1, -0.05) is 13.8 Å². The normalized spacial score (nSPS) is 11.7. The molecule has 4 aromatic heterocycles. The molecule has 0 radical (unpaired) electrons. The summed E-state index contributed by atoms with van der Waals surface area (Å²) in [5.41, 5.74) is -0.861. The van der Waals surface area contributed by atoms with Gasteiger partial charge in [-0.15, -0.1) is 5.10 Å². The molecule has 0 unspecified atom stereocenters. The van der Waals surface area contributed by atoms with Gasteiger partial charge in [-0.3, -0.25) is 29.2 Å². The molecule has 63 heavy (non-hydrogen) atoms. The number of hydrogen-bond donors (Lipinski definition) is 5. The molecule has 0 saturated heterocycles. The number of aromatic nitrogens is 6. The summed E-state index contributed by atoms with van der Waals surface area (Å²) >= 11 is 0. The first-order valence-electron chi connectivity index (χ1n) is 19.4. The van der Waals surface area contributed by atoms with Gasteiger partial charge < -0.3 is 14.8 Å². The van der Waals surface area contributed by atoms with E-state index in [4.69, 9.17) is 9.47 Å². The number of nitrogens with one attached hydrogen (secondary N) is 5. The quantitative estimate of drug-likeness (QED) is 0.0314. The third-order valence-corrected chi connectivity index (χ3v) is 11.8. The van der Waals surface area contributed by atoms with Gasteiger partial charge in [0.2, 0.25) is 25.9 Å². The van der Waals surface area contributed by atoms with Crippen molar-refractivity contribution in [1.29, 1.82) is 0 Å². The number of rotatable bonds is 20. The molecule has 0 fully saturated rings. The number of carbonyl (C=O) groups excluding carboxylic acids is 2. The number of halogens is 4. The van der Waals surface area contributed by atoms with Crippen molar-refractivity contribution in [1.82, 2.24) is 30.4 Å². The predicted molar refractivity (Wildman–Crippen MR) is 228 cm³/mol. The number of hydrogen-bond acceptors (Lipinski definition) is 13. The third-order valence-electron chi connectivity index (χ3n) is 8.81. The number of methoxy groups -OCH3 is 1. The van der Waals surface area contributed by atoms with Crippen LogP contribution in [0.2, 0.25) is 0 Å². The standard InChI is InChI=1S/C20H23F2N5O3S.C20H22F2N4O5S/c1-4-7-31(29,30)27-15-6-5-14(21)17(18(15)22)16(28)9-12-8-13-19(23-10-12)25-26-20(13)24-11(2)3;1-3-8-32(28,29)26-15-5-4-14(21)17(18(15)22)16(27)10-12-9-13-19(23-11-12)24-25-20(13)31-7-6-30-2/h5-6,8,10-11,27H,4,7,9H2,1-3H3,(H2,23,24,25,26);4-5,9,11,26H,3,6-8,10H2,1-2H3,(H,23,24,25). The molecule has 0 aliphatic heterocycles. The number of carbonyl (C=O) groups is 2. The molecular weight excluding hydrogens is 875 g/mol. The summed E-state index contributed by atoms with van der Waals surface area (Å²) in [7, 11) is -6.10. The zero-order valence-corrected chi connectivity index (χ0v) is 36.4. The Morgan fingerprint density at radius 1 is 0.714 bits per heavy atom. The Kier molecular flexibility index (Phi) is 15.8. The lowest BCUT2D eigenvalue weighted by molar-refractivity contribution is 0.0976. The van der Waals surface area contributed by atoms with Gasteiger partial charge in [0.1, 0.15) is 18.2 Å². The Morgan fingerprint density at radius 3 is 1.67 bits per heavy atom. The van der Waals surface area contributed by atoms with E-state index in [0.717, 1.165) is 24.3 Å². The first-order chi connectivity index (χ1) is 29.9. The predicted octanol–water partition coefficient (Wildman–Crippen LogP) is 6.47. The summed E-state index contributed by atoms with van der Waals surface area (Å²) in [5.74, 6) is -6.04. The van der Waals surface area contributed by atoms with Crippen molar-refractivity contribution in [3.8, 4) is 5.88 Å². The summed E-state index contributed by atoms with van der Waals surface area (Å²) < 4.78 is 121. The van der Waals surface area contributed by atoms with E-state index >= 15 is 0 Å². The molecule has 23 heteroatoms. The Morgan fingerprint density at radius 2 is 1.19 bits per heavy atom. The average Bonchev–Trinajstić information content (AvgIpc) is 3.80. The van der Waals surface area contributed by atoms with Crippen molar-refractivity contribution >= 4 is 70.9 Å². The van der Waals surface area contributed by atoms with E-state index in [-0.39, 0.29) is 42.9 Å². The Balaban J connectivity index is 0.000000238. The maximum atomic E-state index is 14.8. The fraction of sp³-hybridized carbons (Fsp3) is 0.350. The Hall–Kier alpha value is -6.20. The number of pyridine rings is 2. The van der Waals surface area contributed by atoms with Crippen molar-refractivity contribution in [3.05, 3.63) is 94.3 Å². The van der Waals surface area contributed by atoms with Gasteiger partial charge in [0.25, 0.3) is 0 Å². The van der Waals surface area contributed by atoms with Gasteiger partial charge in [0.05, 0.1) is 51.4 Å². The fourth-order valence-corrected chi connectivity index (χ4v) is 8.34. The van der Waals surface area contributed by atoms with Crippen molar-refractivity contribution in [2.75, 3.05) is 46.6 Å². The number of fused-ring (bicyclic) bond motifs is 2. The van der Waals surface area contributed by atoms with Gasteiger partial charge in [-0.25, -0.2) is 44.4 Å². The van der Waals surface area contributed by atoms with Crippen LogP contribution in [0.15, 0.2) is 48.8 Å². The van der Waals surface area contributed by atoms with Crippen LogP contribution in [-0.2, 0) is 37.6 Å². The maximum absolute atomic E-state index is 14.8.